The van der Waals surface area contributed by atoms with Crippen LogP contribution in [0, 0.1) is 0 Å². The number of fused-ring (bicyclic) bond motifs is 2. The van der Waals surface area contributed by atoms with E-state index in [9.17, 15) is 0 Å². The molecule has 20 heavy (non-hydrogen) atoms. The summed E-state index contributed by atoms with van der Waals surface area (Å²) >= 11 is 11.6. The van der Waals surface area contributed by atoms with Crippen LogP contribution in [-0.4, -0.2) is 23.2 Å². The second kappa shape index (κ2) is 4.79. The van der Waals surface area contributed by atoms with Crippen molar-refractivity contribution in [3.8, 4) is 0 Å². The highest BCUT2D eigenvalue weighted by atomic mass is 79.9. The van der Waals surface area contributed by atoms with Gasteiger partial charge in [-0.2, -0.15) is 0 Å². The molecule has 0 aromatic heterocycles. The van der Waals surface area contributed by atoms with Gasteiger partial charge in [-0.25, -0.2) is 0 Å². The average Bonchev–Trinajstić information content (AvgIpc) is 2.98. The van der Waals surface area contributed by atoms with Crippen LogP contribution >= 0.6 is 39.3 Å². The molecule has 2 aliphatic rings. The van der Waals surface area contributed by atoms with Gasteiger partial charge in [0.05, 0.1) is 16.1 Å². The van der Waals surface area contributed by atoms with Crippen LogP contribution in [0.1, 0.15) is 5.56 Å². The standard InChI is InChI=1S/C15H10BrClN2S/c16-14-13(19-7-6-18-15(19)20-14)11-3-1-2-9-4-5-10(17)8-12(9)11/h1-5,8H,6-7H2. The fourth-order valence-electron chi connectivity index (χ4n) is 2.66. The first-order valence-electron chi connectivity index (χ1n) is 6.32. The van der Waals surface area contributed by atoms with E-state index in [0.717, 1.165) is 27.1 Å². The summed E-state index contributed by atoms with van der Waals surface area (Å²) in [6.07, 6.45) is 0. The minimum Gasteiger partial charge on any atom is -0.317 e. The third-order valence-electron chi connectivity index (χ3n) is 3.54. The number of hydrogen-bond donors (Lipinski definition) is 0. The van der Waals surface area contributed by atoms with E-state index in [1.54, 1.807) is 11.8 Å². The Morgan fingerprint density at radius 3 is 3.05 bits per heavy atom. The van der Waals surface area contributed by atoms with Gasteiger partial charge in [-0.1, -0.05) is 35.9 Å². The molecule has 0 spiro atoms. The number of thioether (sulfide) groups is 1. The summed E-state index contributed by atoms with van der Waals surface area (Å²) in [4.78, 5) is 6.81. The molecule has 0 atom stereocenters. The van der Waals surface area contributed by atoms with Gasteiger partial charge in [0.1, 0.15) is 0 Å². The van der Waals surface area contributed by atoms with E-state index in [2.05, 4.69) is 50.1 Å². The van der Waals surface area contributed by atoms with E-state index >= 15 is 0 Å². The van der Waals surface area contributed by atoms with Crippen LogP contribution in [0.25, 0.3) is 16.5 Å². The molecule has 0 amide bonds. The van der Waals surface area contributed by atoms with Crippen LogP contribution in [0.5, 0.6) is 0 Å². The Bertz CT molecular complexity index is 785. The highest BCUT2D eigenvalue weighted by Gasteiger charge is 2.32. The molecule has 2 aromatic rings. The first-order valence-corrected chi connectivity index (χ1v) is 8.31. The molecule has 0 saturated carbocycles. The van der Waals surface area contributed by atoms with Gasteiger partial charge in [0, 0.05) is 17.1 Å². The van der Waals surface area contributed by atoms with Gasteiger partial charge in [-0.15, -0.1) is 0 Å². The van der Waals surface area contributed by atoms with Crippen LogP contribution in [0.4, 0.5) is 0 Å². The molecule has 2 aliphatic heterocycles. The van der Waals surface area contributed by atoms with Crippen molar-refractivity contribution < 1.29 is 0 Å². The summed E-state index contributed by atoms with van der Waals surface area (Å²) in [6, 6.07) is 12.4. The van der Waals surface area contributed by atoms with Crippen LogP contribution in [-0.2, 0) is 0 Å². The van der Waals surface area contributed by atoms with E-state index < -0.39 is 0 Å². The molecule has 2 heterocycles. The summed E-state index contributed by atoms with van der Waals surface area (Å²) in [5.74, 6) is 0. The third-order valence-corrected chi connectivity index (χ3v) is 5.54. The van der Waals surface area contributed by atoms with Crippen LogP contribution < -0.4 is 0 Å². The van der Waals surface area contributed by atoms with E-state index in [1.807, 2.05) is 12.1 Å². The third kappa shape index (κ3) is 1.90. The van der Waals surface area contributed by atoms with Crippen molar-refractivity contribution in [1.29, 1.82) is 0 Å². The van der Waals surface area contributed by atoms with E-state index in [0.29, 0.717) is 0 Å². The summed E-state index contributed by atoms with van der Waals surface area (Å²) in [5.41, 5.74) is 2.41. The summed E-state index contributed by atoms with van der Waals surface area (Å²) < 4.78 is 1.13. The lowest BCUT2D eigenvalue weighted by Crippen LogP contribution is -2.20. The van der Waals surface area contributed by atoms with Gasteiger partial charge in [0.25, 0.3) is 0 Å². The topological polar surface area (TPSA) is 15.6 Å². The van der Waals surface area contributed by atoms with Gasteiger partial charge in [0.15, 0.2) is 5.17 Å². The molecule has 2 aromatic carbocycles. The van der Waals surface area contributed by atoms with Gasteiger partial charge in [-0.05, 0) is 50.6 Å². The lowest BCUT2D eigenvalue weighted by Gasteiger charge is -2.18. The molecule has 0 bridgehead atoms. The van der Waals surface area contributed by atoms with Crippen molar-refractivity contribution >= 4 is 60.9 Å². The van der Waals surface area contributed by atoms with Gasteiger partial charge < -0.3 is 4.90 Å². The number of nitrogens with zero attached hydrogens (tertiary/aromatic N) is 2. The number of amidine groups is 1. The largest absolute Gasteiger partial charge is 0.317 e. The Kier molecular flexibility index (Phi) is 3.05. The molecule has 4 rings (SSSR count). The first-order chi connectivity index (χ1) is 9.74. The van der Waals surface area contributed by atoms with E-state index in [-0.39, 0.29) is 0 Å². The molecule has 0 saturated heterocycles. The van der Waals surface area contributed by atoms with Crippen molar-refractivity contribution in [1.82, 2.24) is 4.90 Å². The number of rotatable bonds is 1. The zero-order valence-corrected chi connectivity index (χ0v) is 13.6. The van der Waals surface area contributed by atoms with Crippen LogP contribution in [0.15, 0.2) is 45.2 Å². The maximum atomic E-state index is 6.17. The molecular formula is C15H10BrClN2S. The highest BCUT2D eigenvalue weighted by molar-refractivity contribution is 9.14. The van der Waals surface area contributed by atoms with Crippen molar-refractivity contribution in [3.05, 3.63) is 50.8 Å². The van der Waals surface area contributed by atoms with Crippen molar-refractivity contribution in [2.75, 3.05) is 13.1 Å². The Hall–Kier alpha value is -0.970. The Morgan fingerprint density at radius 2 is 2.15 bits per heavy atom. The fourth-order valence-corrected chi connectivity index (χ4v) is 4.62. The molecule has 100 valence electrons. The number of hydrogen-bond acceptors (Lipinski definition) is 3. The highest BCUT2D eigenvalue weighted by Crippen LogP contribution is 2.46. The quantitative estimate of drug-likeness (QED) is 0.712. The molecule has 0 N–H and O–H groups in total. The molecule has 5 heteroatoms. The Balaban J connectivity index is 1.97. The zero-order chi connectivity index (χ0) is 13.7. The minimum atomic E-state index is 0.766. The summed E-state index contributed by atoms with van der Waals surface area (Å²) in [6.45, 7) is 1.82. The lowest BCUT2D eigenvalue weighted by molar-refractivity contribution is 0.650. The summed E-state index contributed by atoms with van der Waals surface area (Å²) in [5, 5.41) is 4.24. The molecule has 0 unspecified atom stereocenters. The maximum Gasteiger partial charge on any atom is 0.169 e. The maximum absolute atomic E-state index is 6.17. The van der Waals surface area contributed by atoms with Crippen molar-refractivity contribution in [2.24, 2.45) is 4.99 Å². The Labute approximate surface area is 134 Å². The predicted molar refractivity (Wildman–Crippen MR) is 91.4 cm³/mol. The van der Waals surface area contributed by atoms with Crippen LogP contribution in [0.2, 0.25) is 5.02 Å². The number of benzene rings is 2. The summed E-state index contributed by atoms with van der Waals surface area (Å²) in [7, 11) is 0. The van der Waals surface area contributed by atoms with Crippen molar-refractivity contribution in [2.45, 2.75) is 0 Å². The van der Waals surface area contributed by atoms with Gasteiger partial charge in [-0.3, -0.25) is 4.99 Å². The SMILES string of the molecule is Clc1ccc2cccc(C3=C(Br)SC4=NCCN43)c2c1. The smallest absolute Gasteiger partial charge is 0.169 e. The molecule has 0 radical (unpaired) electrons. The fraction of sp³-hybridized carbons (Fsp3) is 0.133. The van der Waals surface area contributed by atoms with Crippen molar-refractivity contribution in [3.63, 3.8) is 0 Å². The molecular weight excluding hydrogens is 356 g/mol. The van der Waals surface area contributed by atoms with Gasteiger partial charge >= 0.3 is 0 Å². The normalized spacial score (nSPS) is 17.9. The van der Waals surface area contributed by atoms with E-state index in [4.69, 9.17) is 11.6 Å². The second-order valence-electron chi connectivity index (χ2n) is 4.71. The van der Waals surface area contributed by atoms with E-state index in [1.165, 1.54) is 22.0 Å². The second-order valence-corrected chi connectivity index (χ2v) is 7.44. The Morgan fingerprint density at radius 1 is 1.25 bits per heavy atom. The minimum absolute atomic E-state index is 0.766. The molecule has 0 fully saturated rings. The molecule has 0 aliphatic carbocycles. The zero-order valence-electron chi connectivity index (χ0n) is 10.4. The van der Waals surface area contributed by atoms with Gasteiger partial charge in [0.2, 0.25) is 0 Å². The number of aliphatic imine (C=N–C) groups is 1. The molecule has 2 nitrogen and oxygen atoms in total. The monoisotopic (exact) mass is 364 g/mol. The average molecular weight is 366 g/mol. The lowest BCUT2D eigenvalue weighted by atomic mass is 10.0. The predicted octanol–water partition coefficient (Wildman–Crippen LogP) is 4.93. The van der Waals surface area contributed by atoms with Crippen LogP contribution in [0.3, 0.4) is 0 Å². The first kappa shape index (κ1) is 12.7. The number of halogens is 2.